The van der Waals surface area contributed by atoms with Crippen LogP contribution in [0.4, 0.5) is 0 Å². The molecule has 2 rings (SSSR count). The predicted molar refractivity (Wildman–Crippen MR) is 80.2 cm³/mol. The molecule has 1 unspecified atom stereocenters. The first kappa shape index (κ1) is 13.8. The van der Waals surface area contributed by atoms with Crippen LogP contribution in [0.1, 0.15) is 44.1 Å². The van der Waals surface area contributed by atoms with Crippen molar-refractivity contribution in [2.75, 3.05) is 6.54 Å². The molecule has 0 aliphatic heterocycles. The lowest BCUT2D eigenvalue weighted by atomic mass is 10.1. The zero-order valence-electron chi connectivity index (χ0n) is 10.9. The maximum Gasteiger partial charge on any atom is 0.0756 e. The van der Waals surface area contributed by atoms with E-state index in [1.807, 2.05) is 6.20 Å². The van der Waals surface area contributed by atoms with Gasteiger partial charge in [0.2, 0.25) is 0 Å². The molecule has 2 heterocycles. The highest BCUT2D eigenvalue weighted by atomic mass is 79.9. The molecule has 3 nitrogen and oxygen atoms in total. The molecule has 0 aliphatic rings. The minimum atomic E-state index is 0.211. The van der Waals surface area contributed by atoms with Crippen LogP contribution in [-0.4, -0.2) is 16.3 Å². The second-order valence-corrected chi connectivity index (χ2v) is 6.76. The monoisotopic (exact) mass is 327 g/mol. The Labute approximate surface area is 120 Å². The summed E-state index contributed by atoms with van der Waals surface area (Å²) in [6, 6.07) is 4.86. The summed E-state index contributed by atoms with van der Waals surface area (Å²) in [6.45, 7) is 7.37. The van der Waals surface area contributed by atoms with E-state index in [0.29, 0.717) is 6.04 Å². The van der Waals surface area contributed by atoms with E-state index < -0.39 is 0 Å². The molecular weight excluding hydrogens is 310 g/mol. The standard InChI is InChI=1S/C13H18BrN3S/c1-4-15-13(10-7-12(14)18-8-10)11-5-6-16-17(11)9(2)3/h5-9,13,15H,4H2,1-3H3. The highest BCUT2D eigenvalue weighted by molar-refractivity contribution is 9.11. The summed E-state index contributed by atoms with van der Waals surface area (Å²) in [5.74, 6) is 0. The molecule has 1 N–H and O–H groups in total. The van der Waals surface area contributed by atoms with Crippen LogP contribution >= 0.6 is 27.3 Å². The molecule has 18 heavy (non-hydrogen) atoms. The van der Waals surface area contributed by atoms with Gasteiger partial charge in [0.05, 0.1) is 15.5 Å². The molecule has 0 aliphatic carbocycles. The van der Waals surface area contributed by atoms with Crippen LogP contribution in [0.15, 0.2) is 27.5 Å². The number of halogens is 1. The molecule has 0 fully saturated rings. The number of rotatable bonds is 5. The molecule has 0 saturated carbocycles. The van der Waals surface area contributed by atoms with Crippen molar-refractivity contribution in [1.82, 2.24) is 15.1 Å². The fourth-order valence-corrected chi connectivity index (χ4v) is 3.26. The zero-order valence-corrected chi connectivity index (χ0v) is 13.3. The molecule has 0 aromatic carbocycles. The lowest BCUT2D eigenvalue weighted by Crippen LogP contribution is -2.25. The Morgan fingerprint density at radius 1 is 1.50 bits per heavy atom. The zero-order chi connectivity index (χ0) is 13.1. The van der Waals surface area contributed by atoms with E-state index in [9.17, 15) is 0 Å². The lowest BCUT2D eigenvalue weighted by Gasteiger charge is -2.20. The summed E-state index contributed by atoms with van der Waals surface area (Å²) < 4.78 is 3.25. The van der Waals surface area contributed by atoms with E-state index in [0.717, 1.165) is 10.3 Å². The minimum Gasteiger partial charge on any atom is -0.305 e. The van der Waals surface area contributed by atoms with Gasteiger partial charge in [0, 0.05) is 12.2 Å². The van der Waals surface area contributed by atoms with E-state index in [4.69, 9.17) is 0 Å². The number of thiophene rings is 1. The van der Waals surface area contributed by atoms with E-state index in [-0.39, 0.29) is 6.04 Å². The molecule has 98 valence electrons. The van der Waals surface area contributed by atoms with Gasteiger partial charge in [-0.2, -0.15) is 5.10 Å². The van der Waals surface area contributed by atoms with Crippen LogP contribution in [0.2, 0.25) is 0 Å². The normalized spacial score (nSPS) is 13.2. The van der Waals surface area contributed by atoms with Gasteiger partial charge < -0.3 is 5.32 Å². The third-order valence-corrected chi connectivity index (χ3v) is 4.34. The van der Waals surface area contributed by atoms with Gasteiger partial charge in [-0.05, 0) is 59.4 Å². The van der Waals surface area contributed by atoms with Crippen molar-refractivity contribution < 1.29 is 0 Å². The molecule has 2 aromatic rings. The third kappa shape index (κ3) is 2.84. The smallest absolute Gasteiger partial charge is 0.0756 e. The third-order valence-electron chi connectivity index (χ3n) is 2.82. The number of nitrogens with one attached hydrogen (secondary N) is 1. The van der Waals surface area contributed by atoms with E-state index in [1.54, 1.807) is 11.3 Å². The van der Waals surface area contributed by atoms with E-state index in [1.165, 1.54) is 11.3 Å². The van der Waals surface area contributed by atoms with Gasteiger partial charge in [0.1, 0.15) is 0 Å². The maximum atomic E-state index is 4.42. The molecule has 0 spiro atoms. The Morgan fingerprint density at radius 3 is 2.83 bits per heavy atom. The summed E-state index contributed by atoms with van der Waals surface area (Å²) in [7, 11) is 0. The van der Waals surface area contributed by atoms with Crippen LogP contribution < -0.4 is 5.32 Å². The fourth-order valence-electron chi connectivity index (χ4n) is 2.06. The SMILES string of the molecule is CCNC(c1csc(Br)c1)c1ccnn1C(C)C. The van der Waals surface area contributed by atoms with Gasteiger partial charge in [-0.1, -0.05) is 6.92 Å². The molecule has 0 radical (unpaired) electrons. The molecular formula is C13H18BrN3S. The first-order chi connectivity index (χ1) is 8.63. The van der Waals surface area contributed by atoms with Crippen molar-refractivity contribution in [1.29, 1.82) is 0 Å². The van der Waals surface area contributed by atoms with E-state index in [2.05, 4.69) is 69.3 Å². The summed E-state index contributed by atoms with van der Waals surface area (Å²) in [5.41, 5.74) is 2.51. The highest BCUT2D eigenvalue weighted by Gasteiger charge is 2.19. The van der Waals surface area contributed by atoms with Crippen LogP contribution in [-0.2, 0) is 0 Å². The van der Waals surface area contributed by atoms with Crippen molar-refractivity contribution in [2.45, 2.75) is 32.9 Å². The van der Waals surface area contributed by atoms with E-state index >= 15 is 0 Å². The second-order valence-electron chi connectivity index (χ2n) is 4.47. The summed E-state index contributed by atoms with van der Waals surface area (Å²) in [6.07, 6.45) is 1.88. The number of aromatic nitrogens is 2. The topological polar surface area (TPSA) is 29.9 Å². The average Bonchev–Trinajstić information content (AvgIpc) is 2.94. The van der Waals surface area contributed by atoms with Gasteiger partial charge in [-0.15, -0.1) is 11.3 Å². The Balaban J connectivity index is 2.38. The molecule has 1 atom stereocenters. The average molecular weight is 328 g/mol. The summed E-state index contributed by atoms with van der Waals surface area (Å²) in [5, 5.41) is 10.1. The Kier molecular flexibility index (Phi) is 4.59. The van der Waals surface area contributed by atoms with Gasteiger partial charge in [0.15, 0.2) is 0 Å². The predicted octanol–water partition coefficient (Wildman–Crippen LogP) is 3.99. The second kappa shape index (κ2) is 5.99. The Hall–Kier alpha value is -0.650. The largest absolute Gasteiger partial charge is 0.305 e. The lowest BCUT2D eigenvalue weighted by molar-refractivity contribution is 0.476. The molecule has 5 heteroatoms. The summed E-state index contributed by atoms with van der Waals surface area (Å²) >= 11 is 5.25. The molecule has 0 saturated heterocycles. The first-order valence-electron chi connectivity index (χ1n) is 6.14. The first-order valence-corrected chi connectivity index (χ1v) is 7.81. The van der Waals surface area contributed by atoms with Crippen molar-refractivity contribution >= 4 is 27.3 Å². The summed E-state index contributed by atoms with van der Waals surface area (Å²) in [4.78, 5) is 0. The van der Waals surface area contributed by atoms with Crippen LogP contribution in [0.3, 0.4) is 0 Å². The molecule has 2 aromatic heterocycles. The van der Waals surface area contributed by atoms with Crippen molar-refractivity contribution in [3.8, 4) is 0 Å². The molecule has 0 bridgehead atoms. The van der Waals surface area contributed by atoms with Crippen molar-refractivity contribution in [2.24, 2.45) is 0 Å². The van der Waals surface area contributed by atoms with Crippen LogP contribution in [0.25, 0.3) is 0 Å². The number of nitrogens with zero attached hydrogens (tertiary/aromatic N) is 2. The quantitative estimate of drug-likeness (QED) is 0.899. The minimum absolute atomic E-state index is 0.211. The Morgan fingerprint density at radius 2 is 2.28 bits per heavy atom. The van der Waals surface area contributed by atoms with Gasteiger partial charge in [-0.25, -0.2) is 0 Å². The van der Waals surface area contributed by atoms with Crippen LogP contribution in [0.5, 0.6) is 0 Å². The van der Waals surface area contributed by atoms with Crippen molar-refractivity contribution in [3.05, 3.63) is 38.8 Å². The number of hydrogen-bond donors (Lipinski definition) is 1. The van der Waals surface area contributed by atoms with Gasteiger partial charge in [0.25, 0.3) is 0 Å². The van der Waals surface area contributed by atoms with Gasteiger partial charge in [-0.3, -0.25) is 4.68 Å². The molecule has 0 amide bonds. The number of hydrogen-bond acceptors (Lipinski definition) is 3. The van der Waals surface area contributed by atoms with Gasteiger partial charge >= 0.3 is 0 Å². The fraction of sp³-hybridized carbons (Fsp3) is 0.462. The highest BCUT2D eigenvalue weighted by Crippen LogP contribution is 2.30. The Bertz CT molecular complexity index is 504. The maximum absolute atomic E-state index is 4.42. The van der Waals surface area contributed by atoms with Crippen LogP contribution in [0, 0.1) is 0 Å². The van der Waals surface area contributed by atoms with Crippen molar-refractivity contribution in [3.63, 3.8) is 0 Å².